The maximum atomic E-state index is 11.8. The zero-order valence-corrected chi connectivity index (χ0v) is 10.5. The van der Waals surface area contributed by atoms with E-state index >= 15 is 0 Å². The van der Waals surface area contributed by atoms with Gasteiger partial charge in [-0.2, -0.15) is 0 Å². The van der Waals surface area contributed by atoms with Gasteiger partial charge in [-0.15, -0.1) is 0 Å². The normalized spacial score (nSPS) is 20.2. The lowest BCUT2D eigenvalue weighted by Crippen LogP contribution is -2.46. The van der Waals surface area contributed by atoms with E-state index < -0.39 is 0 Å². The van der Waals surface area contributed by atoms with E-state index in [1.165, 1.54) is 0 Å². The van der Waals surface area contributed by atoms with Crippen LogP contribution in [0.4, 0.5) is 0 Å². The van der Waals surface area contributed by atoms with Crippen molar-refractivity contribution in [2.24, 2.45) is 5.73 Å². The topological polar surface area (TPSA) is 55.6 Å². The molecule has 1 aliphatic heterocycles. The molecule has 1 aromatic carbocycles. The van der Waals surface area contributed by atoms with E-state index in [-0.39, 0.29) is 18.6 Å². The molecule has 0 radical (unpaired) electrons. The molecule has 1 unspecified atom stereocenters. The fourth-order valence-corrected chi connectivity index (χ4v) is 2.16. The van der Waals surface area contributed by atoms with Gasteiger partial charge in [0, 0.05) is 13.1 Å². The molecule has 1 fully saturated rings. The smallest absolute Gasteiger partial charge is 0.248 e. The first-order valence-electron chi connectivity index (χ1n) is 6.43. The van der Waals surface area contributed by atoms with Crippen LogP contribution in [0.2, 0.25) is 0 Å². The molecule has 1 atom stereocenters. The van der Waals surface area contributed by atoms with Crippen LogP contribution in [0.25, 0.3) is 0 Å². The number of hydrogen-bond acceptors (Lipinski definition) is 3. The van der Waals surface area contributed by atoms with Crippen LogP contribution in [0.3, 0.4) is 0 Å². The number of morpholine rings is 1. The summed E-state index contributed by atoms with van der Waals surface area (Å²) in [5, 5.41) is 0. The standard InChI is InChI=1S/C14H20N2O2/c15-8-4-7-13-10-16(14(17)11-18-13)9-12-5-2-1-3-6-12/h1-3,5-6,13H,4,7-11,15H2. The maximum absolute atomic E-state index is 11.8. The van der Waals surface area contributed by atoms with E-state index in [0.717, 1.165) is 18.4 Å². The minimum Gasteiger partial charge on any atom is -0.367 e. The van der Waals surface area contributed by atoms with Gasteiger partial charge >= 0.3 is 0 Å². The van der Waals surface area contributed by atoms with Crippen LogP contribution in [0.1, 0.15) is 18.4 Å². The van der Waals surface area contributed by atoms with Gasteiger partial charge < -0.3 is 15.4 Å². The number of nitrogens with zero attached hydrogens (tertiary/aromatic N) is 1. The van der Waals surface area contributed by atoms with Gasteiger partial charge in [0.2, 0.25) is 5.91 Å². The summed E-state index contributed by atoms with van der Waals surface area (Å²) in [5.74, 6) is 0.0721. The Hall–Kier alpha value is -1.39. The van der Waals surface area contributed by atoms with Crippen molar-refractivity contribution in [1.82, 2.24) is 4.90 Å². The first-order valence-corrected chi connectivity index (χ1v) is 6.43. The van der Waals surface area contributed by atoms with Gasteiger partial charge in [-0.3, -0.25) is 4.79 Å². The van der Waals surface area contributed by atoms with E-state index in [0.29, 0.717) is 19.6 Å². The van der Waals surface area contributed by atoms with Crippen molar-refractivity contribution in [2.75, 3.05) is 19.7 Å². The van der Waals surface area contributed by atoms with Crippen LogP contribution in [0, 0.1) is 0 Å². The highest BCUT2D eigenvalue weighted by molar-refractivity contribution is 5.78. The number of rotatable bonds is 5. The minimum atomic E-state index is 0.0721. The number of ether oxygens (including phenoxy) is 1. The third-order valence-electron chi connectivity index (χ3n) is 3.17. The molecule has 2 N–H and O–H groups in total. The Morgan fingerprint density at radius 1 is 1.33 bits per heavy atom. The van der Waals surface area contributed by atoms with Gasteiger partial charge in [0.1, 0.15) is 6.61 Å². The predicted octanol–water partition coefficient (Wildman–Crippen LogP) is 1.15. The van der Waals surface area contributed by atoms with E-state index in [2.05, 4.69) is 0 Å². The molecular formula is C14H20N2O2. The van der Waals surface area contributed by atoms with Gasteiger partial charge in [-0.05, 0) is 24.9 Å². The zero-order valence-electron chi connectivity index (χ0n) is 10.5. The SMILES string of the molecule is NCCCC1CN(Cc2ccccc2)C(=O)CO1. The molecule has 4 heteroatoms. The van der Waals surface area contributed by atoms with Crippen molar-refractivity contribution in [3.63, 3.8) is 0 Å². The highest BCUT2D eigenvalue weighted by Gasteiger charge is 2.25. The quantitative estimate of drug-likeness (QED) is 0.850. The van der Waals surface area contributed by atoms with Crippen LogP contribution in [0.15, 0.2) is 30.3 Å². The maximum Gasteiger partial charge on any atom is 0.248 e. The number of nitrogens with two attached hydrogens (primary N) is 1. The monoisotopic (exact) mass is 248 g/mol. The third kappa shape index (κ3) is 3.55. The lowest BCUT2D eigenvalue weighted by Gasteiger charge is -2.32. The van der Waals surface area contributed by atoms with E-state index in [9.17, 15) is 4.79 Å². The second-order valence-electron chi connectivity index (χ2n) is 4.62. The van der Waals surface area contributed by atoms with Gasteiger partial charge in [0.05, 0.1) is 6.10 Å². The molecule has 18 heavy (non-hydrogen) atoms. The lowest BCUT2D eigenvalue weighted by atomic mass is 10.1. The number of benzene rings is 1. The van der Waals surface area contributed by atoms with Crippen LogP contribution in [-0.2, 0) is 16.1 Å². The predicted molar refractivity (Wildman–Crippen MR) is 69.9 cm³/mol. The Bertz CT molecular complexity index is 381. The number of carbonyl (C=O) groups is 1. The Kier molecular flexibility index (Phi) is 4.73. The van der Waals surface area contributed by atoms with Crippen LogP contribution in [-0.4, -0.2) is 36.6 Å². The van der Waals surface area contributed by atoms with Gasteiger partial charge in [0.15, 0.2) is 0 Å². The number of hydrogen-bond donors (Lipinski definition) is 1. The van der Waals surface area contributed by atoms with Crippen LogP contribution < -0.4 is 5.73 Å². The van der Waals surface area contributed by atoms with E-state index in [1.54, 1.807) is 0 Å². The average Bonchev–Trinajstić information content (AvgIpc) is 2.41. The second kappa shape index (κ2) is 6.52. The largest absolute Gasteiger partial charge is 0.367 e. The molecule has 1 amide bonds. The number of carbonyl (C=O) groups excluding carboxylic acids is 1. The second-order valence-corrected chi connectivity index (χ2v) is 4.62. The summed E-state index contributed by atoms with van der Waals surface area (Å²) in [6, 6.07) is 10.0. The Morgan fingerprint density at radius 3 is 2.83 bits per heavy atom. The fraction of sp³-hybridized carbons (Fsp3) is 0.500. The summed E-state index contributed by atoms with van der Waals surface area (Å²) in [6.07, 6.45) is 2.00. The van der Waals surface area contributed by atoms with Gasteiger partial charge in [0.25, 0.3) is 0 Å². The van der Waals surface area contributed by atoms with Crippen LogP contribution >= 0.6 is 0 Å². The van der Waals surface area contributed by atoms with Crippen molar-refractivity contribution in [1.29, 1.82) is 0 Å². The summed E-state index contributed by atoms with van der Waals surface area (Å²) in [6.45, 7) is 2.21. The molecule has 0 aliphatic carbocycles. The first-order chi connectivity index (χ1) is 8.79. The molecule has 0 aromatic heterocycles. The fourth-order valence-electron chi connectivity index (χ4n) is 2.16. The summed E-state index contributed by atoms with van der Waals surface area (Å²) < 4.78 is 5.51. The Labute approximate surface area is 108 Å². The van der Waals surface area contributed by atoms with Gasteiger partial charge in [-0.25, -0.2) is 0 Å². The van der Waals surface area contributed by atoms with Crippen molar-refractivity contribution < 1.29 is 9.53 Å². The molecule has 0 bridgehead atoms. The summed E-state index contributed by atoms with van der Waals surface area (Å²) in [4.78, 5) is 13.7. The lowest BCUT2D eigenvalue weighted by molar-refractivity contribution is -0.150. The molecule has 2 rings (SSSR count). The molecule has 1 saturated heterocycles. The van der Waals surface area contributed by atoms with Crippen molar-refractivity contribution in [3.05, 3.63) is 35.9 Å². The molecule has 4 nitrogen and oxygen atoms in total. The molecule has 1 heterocycles. The molecule has 0 spiro atoms. The highest BCUT2D eigenvalue weighted by atomic mass is 16.5. The molecule has 0 saturated carbocycles. The summed E-state index contributed by atoms with van der Waals surface area (Å²) in [5.41, 5.74) is 6.65. The zero-order chi connectivity index (χ0) is 12.8. The molecule has 1 aliphatic rings. The Balaban J connectivity index is 1.91. The van der Waals surface area contributed by atoms with Crippen molar-refractivity contribution in [3.8, 4) is 0 Å². The van der Waals surface area contributed by atoms with Crippen LogP contribution in [0.5, 0.6) is 0 Å². The highest BCUT2D eigenvalue weighted by Crippen LogP contribution is 2.14. The van der Waals surface area contributed by atoms with Gasteiger partial charge in [-0.1, -0.05) is 30.3 Å². The summed E-state index contributed by atoms with van der Waals surface area (Å²) >= 11 is 0. The van der Waals surface area contributed by atoms with Crippen molar-refractivity contribution >= 4 is 5.91 Å². The number of amides is 1. The Morgan fingerprint density at radius 2 is 2.11 bits per heavy atom. The van der Waals surface area contributed by atoms with E-state index in [4.69, 9.17) is 10.5 Å². The van der Waals surface area contributed by atoms with E-state index in [1.807, 2.05) is 35.2 Å². The van der Waals surface area contributed by atoms with Crippen molar-refractivity contribution in [2.45, 2.75) is 25.5 Å². The summed E-state index contributed by atoms with van der Waals surface area (Å²) in [7, 11) is 0. The average molecular weight is 248 g/mol. The first kappa shape index (κ1) is 13.1. The minimum absolute atomic E-state index is 0.0721. The molecule has 98 valence electrons. The molecule has 1 aromatic rings. The third-order valence-corrected chi connectivity index (χ3v) is 3.17. The molecular weight excluding hydrogens is 228 g/mol.